The van der Waals surface area contributed by atoms with Crippen molar-refractivity contribution in [3.05, 3.63) is 66.0 Å². The maximum Gasteiger partial charge on any atom is 0.221 e. The molecule has 0 atom stereocenters. The van der Waals surface area contributed by atoms with E-state index in [1.54, 1.807) is 0 Å². The molecular weight excluding hydrogens is 298 g/mol. The van der Waals surface area contributed by atoms with Crippen molar-refractivity contribution < 1.29 is 4.79 Å². The molecule has 4 heteroatoms. The molecule has 4 nitrogen and oxygen atoms in total. The summed E-state index contributed by atoms with van der Waals surface area (Å²) in [6, 6.07) is 14.4. The fourth-order valence-electron chi connectivity index (χ4n) is 2.53. The van der Waals surface area contributed by atoms with Gasteiger partial charge in [0.2, 0.25) is 5.91 Å². The van der Waals surface area contributed by atoms with Crippen LogP contribution in [0.5, 0.6) is 0 Å². The molecule has 0 fully saturated rings. The number of carbonyl (C=O) groups excluding carboxylic acids is 1. The van der Waals surface area contributed by atoms with E-state index >= 15 is 0 Å². The highest BCUT2D eigenvalue weighted by molar-refractivity contribution is 5.75. The van der Waals surface area contributed by atoms with Crippen LogP contribution in [0.15, 0.2) is 54.9 Å². The average molecular weight is 325 g/mol. The second kappa shape index (κ2) is 10.6. The number of aromatic nitrogens is 1. The average Bonchev–Trinajstić information content (AvgIpc) is 2.63. The van der Waals surface area contributed by atoms with Crippen molar-refractivity contribution in [1.29, 1.82) is 0 Å². The van der Waals surface area contributed by atoms with Crippen LogP contribution in [0.4, 0.5) is 0 Å². The first-order chi connectivity index (χ1) is 11.7. The third-order valence-electron chi connectivity index (χ3n) is 4.06. The summed E-state index contributed by atoms with van der Waals surface area (Å²) < 4.78 is 0. The molecule has 24 heavy (non-hydrogen) atoms. The molecular formula is C20H27N3O. The quantitative estimate of drug-likeness (QED) is 0.683. The van der Waals surface area contributed by atoms with Gasteiger partial charge in [-0.1, -0.05) is 30.3 Å². The predicted molar refractivity (Wildman–Crippen MR) is 97.8 cm³/mol. The van der Waals surface area contributed by atoms with Gasteiger partial charge in [0, 0.05) is 38.4 Å². The van der Waals surface area contributed by atoms with Crippen molar-refractivity contribution in [3.63, 3.8) is 0 Å². The van der Waals surface area contributed by atoms with E-state index in [0.717, 1.165) is 38.9 Å². The Labute approximate surface area is 144 Å². The minimum absolute atomic E-state index is 0.138. The van der Waals surface area contributed by atoms with Crippen molar-refractivity contribution in [1.82, 2.24) is 15.2 Å². The van der Waals surface area contributed by atoms with E-state index < -0.39 is 0 Å². The van der Waals surface area contributed by atoms with Gasteiger partial charge in [-0.3, -0.25) is 9.78 Å². The first kappa shape index (κ1) is 18.1. The maximum absolute atomic E-state index is 11.9. The number of amides is 1. The van der Waals surface area contributed by atoms with Gasteiger partial charge in [0.05, 0.1) is 0 Å². The summed E-state index contributed by atoms with van der Waals surface area (Å²) >= 11 is 0. The second-order valence-corrected chi connectivity index (χ2v) is 6.10. The van der Waals surface area contributed by atoms with E-state index in [-0.39, 0.29) is 5.91 Å². The molecule has 1 heterocycles. The van der Waals surface area contributed by atoms with Gasteiger partial charge < -0.3 is 10.2 Å². The number of carbonyl (C=O) groups is 1. The van der Waals surface area contributed by atoms with Crippen molar-refractivity contribution in [2.75, 3.05) is 26.7 Å². The van der Waals surface area contributed by atoms with Crippen LogP contribution in [-0.2, 0) is 17.6 Å². The van der Waals surface area contributed by atoms with Gasteiger partial charge >= 0.3 is 0 Å². The number of hydrogen-bond donors (Lipinski definition) is 1. The smallest absolute Gasteiger partial charge is 0.221 e. The van der Waals surface area contributed by atoms with E-state index in [1.807, 2.05) is 30.6 Å². The van der Waals surface area contributed by atoms with Crippen molar-refractivity contribution in [2.45, 2.75) is 25.7 Å². The molecule has 0 saturated heterocycles. The number of pyridine rings is 1. The predicted octanol–water partition coefficient (Wildman–Crippen LogP) is 2.70. The molecule has 0 aliphatic heterocycles. The van der Waals surface area contributed by atoms with E-state index in [1.165, 1.54) is 11.1 Å². The number of aryl methyl sites for hydroxylation is 1. The zero-order valence-corrected chi connectivity index (χ0v) is 14.4. The highest BCUT2D eigenvalue weighted by Crippen LogP contribution is 2.02. The lowest BCUT2D eigenvalue weighted by molar-refractivity contribution is -0.121. The summed E-state index contributed by atoms with van der Waals surface area (Å²) in [6.07, 6.45) is 7.16. The highest BCUT2D eigenvalue weighted by atomic mass is 16.1. The minimum atomic E-state index is 0.138. The Morgan fingerprint density at radius 2 is 1.71 bits per heavy atom. The van der Waals surface area contributed by atoms with E-state index in [2.05, 4.69) is 46.5 Å². The molecule has 1 aromatic heterocycles. The molecule has 2 aromatic rings. The van der Waals surface area contributed by atoms with Crippen LogP contribution in [0, 0.1) is 0 Å². The SMILES string of the molecule is CN(CCC(=O)NCCCc1ccccc1)CCc1ccncc1. The zero-order chi connectivity index (χ0) is 17.0. The van der Waals surface area contributed by atoms with Crippen LogP contribution >= 0.6 is 0 Å². The standard InChI is InChI=1S/C20H27N3O/c1-23(16-11-19-9-14-21-15-10-19)17-12-20(24)22-13-5-8-18-6-3-2-4-7-18/h2-4,6-7,9-10,14-15H,5,8,11-13,16-17H2,1H3,(H,22,24). The Hall–Kier alpha value is -2.20. The van der Waals surface area contributed by atoms with Crippen LogP contribution in [-0.4, -0.2) is 42.5 Å². The first-order valence-electron chi connectivity index (χ1n) is 8.62. The van der Waals surface area contributed by atoms with Crippen LogP contribution < -0.4 is 5.32 Å². The monoisotopic (exact) mass is 325 g/mol. The Morgan fingerprint density at radius 3 is 2.46 bits per heavy atom. The van der Waals surface area contributed by atoms with E-state index in [0.29, 0.717) is 6.42 Å². The fraction of sp³-hybridized carbons (Fsp3) is 0.400. The molecule has 1 aromatic carbocycles. The normalized spacial score (nSPS) is 10.8. The first-order valence-corrected chi connectivity index (χ1v) is 8.62. The van der Waals surface area contributed by atoms with Crippen LogP contribution in [0.3, 0.4) is 0 Å². The lowest BCUT2D eigenvalue weighted by Gasteiger charge is -2.16. The van der Waals surface area contributed by atoms with Crippen LogP contribution in [0.2, 0.25) is 0 Å². The molecule has 0 aliphatic rings. The number of hydrogen-bond acceptors (Lipinski definition) is 3. The number of nitrogens with zero attached hydrogens (tertiary/aromatic N) is 2. The summed E-state index contributed by atoms with van der Waals surface area (Å²) in [5.41, 5.74) is 2.60. The van der Waals surface area contributed by atoms with Gasteiger partial charge in [-0.15, -0.1) is 0 Å². The topological polar surface area (TPSA) is 45.2 Å². The zero-order valence-electron chi connectivity index (χ0n) is 14.4. The van der Waals surface area contributed by atoms with Crippen molar-refractivity contribution in [3.8, 4) is 0 Å². The van der Waals surface area contributed by atoms with Gasteiger partial charge in [-0.25, -0.2) is 0 Å². The lowest BCUT2D eigenvalue weighted by atomic mass is 10.1. The summed E-state index contributed by atoms with van der Waals surface area (Å²) in [7, 11) is 2.06. The molecule has 0 spiro atoms. The van der Waals surface area contributed by atoms with Gasteiger partial charge in [0.25, 0.3) is 0 Å². The number of nitrogens with one attached hydrogen (secondary N) is 1. The van der Waals surface area contributed by atoms with Crippen molar-refractivity contribution >= 4 is 5.91 Å². The van der Waals surface area contributed by atoms with Gasteiger partial charge in [0.15, 0.2) is 0 Å². The third kappa shape index (κ3) is 7.38. The van der Waals surface area contributed by atoms with E-state index in [4.69, 9.17) is 0 Å². The molecule has 0 bridgehead atoms. The lowest BCUT2D eigenvalue weighted by Crippen LogP contribution is -2.30. The Balaban J connectivity index is 1.52. The summed E-state index contributed by atoms with van der Waals surface area (Å²) in [4.78, 5) is 18.1. The molecule has 1 N–H and O–H groups in total. The molecule has 0 saturated carbocycles. The Kier molecular flexibility index (Phi) is 7.98. The van der Waals surface area contributed by atoms with Crippen LogP contribution in [0.1, 0.15) is 24.0 Å². The second-order valence-electron chi connectivity index (χ2n) is 6.10. The number of rotatable bonds is 10. The van der Waals surface area contributed by atoms with Gasteiger partial charge in [-0.2, -0.15) is 0 Å². The fourth-order valence-corrected chi connectivity index (χ4v) is 2.53. The molecule has 0 unspecified atom stereocenters. The maximum atomic E-state index is 11.9. The Morgan fingerprint density at radius 1 is 1.00 bits per heavy atom. The highest BCUT2D eigenvalue weighted by Gasteiger charge is 2.04. The molecule has 1 amide bonds. The molecule has 0 aliphatic carbocycles. The Bertz CT molecular complexity index is 586. The summed E-state index contributed by atoms with van der Waals surface area (Å²) in [5, 5.41) is 3.01. The molecule has 0 radical (unpaired) electrons. The molecule has 128 valence electrons. The minimum Gasteiger partial charge on any atom is -0.356 e. The number of likely N-dealkylation sites (N-methyl/N-ethyl adjacent to an activating group) is 1. The largest absolute Gasteiger partial charge is 0.356 e. The van der Waals surface area contributed by atoms with Gasteiger partial charge in [-0.05, 0) is 49.6 Å². The summed E-state index contributed by atoms with van der Waals surface area (Å²) in [6.45, 7) is 2.48. The van der Waals surface area contributed by atoms with Crippen molar-refractivity contribution in [2.24, 2.45) is 0 Å². The summed E-state index contributed by atoms with van der Waals surface area (Å²) in [5.74, 6) is 0.138. The van der Waals surface area contributed by atoms with Gasteiger partial charge in [0.1, 0.15) is 0 Å². The third-order valence-corrected chi connectivity index (χ3v) is 4.06. The van der Waals surface area contributed by atoms with E-state index in [9.17, 15) is 4.79 Å². The number of benzene rings is 1. The molecule has 2 rings (SSSR count). The van der Waals surface area contributed by atoms with Crippen LogP contribution in [0.25, 0.3) is 0 Å².